The lowest BCUT2D eigenvalue weighted by molar-refractivity contribution is -0.155. The minimum Gasteiger partial charge on any atom is -0.493 e. The topological polar surface area (TPSA) is 54.0 Å². The average Bonchev–Trinajstić information content (AvgIpc) is 3.66. The molecule has 3 heterocycles. The number of carbonyl (C=O) groups is 1. The van der Waals surface area contributed by atoms with Gasteiger partial charge in [0.25, 0.3) is 5.91 Å². The Balaban J connectivity index is 1.08. The minimum atomic E-state index is -0.534. The van der Waals surface area contributed by atoms with Gasteiger partial charge in [-0.2, -0.15) is 0 Å². The van der Waals surface area contributed by atoms with E-state index in [1.54, 1.807) is 12.1 Å². The summed E-state index contributed by atoms with van der Waals surface area (Å²) in [6.45, 7) is 5.51. The summed E-state index contributed by atoms with van der Waals surface area (Å²) >= 11 is 13.9. The standard InChI is InChI=1S/C28H32Cl2FN3O3S/c29-21-10-20(11-22(30)12-21)28(16-36-17-28)33-8-4-18(5-9-33)15-37-26-14-25(31)24(13-23(26)19-2-3-19)27(35)32-38-34-6-1-7-34/h10-14,18-19H,1-9,15-17H2,(H,32,35). The average molecular weight is 581 g/mol. The highest BCUT2D eigenvalue weighted by atomic mass is 35.5. The van der Waals surface area contributed by atoms with Gasteiger partial charge >= 0.3 is 0 Å². The van der Waals surface area contributed by atoms with Crippen LogP contribution in [0.25, 0.3) is 0 Å². The second-order valence-electron chi connectivity index (χ2n) is 10.9. The number of hydrogen-bond acceptors (Lipinski definition) is 6. The molecule has 6 rings (SSSR count). The molecule has 6 nitrogen and oxygen atoms in total. The summed E-state index contributed by atoms with van der Waals surface area (Å²) in [5.41, 5.74) is 1.96. The minimum absolute atomic E-state index is 0.0923. The van der Waals surface area contributed by atoms with Crippen molar-refractivity contribution in [2.45, 2.75) is 43.6 Å². The Labute approximate surface area is 237 Å². The third kappa shape index (κ3) is 5.54. The molecule has 0 radical (unpaired) electrons. The van der Waals surface area contributed by atoms with Crippen LogP contribution in [0.5, 0.6) is 5.75 Å². The molecule has 1 N–H and O–H groups in total. The van der Waals surface area contributed by atoms with Crippen molar-refractivity contribution in [2.75, 3.05) is 46.0 Å². The largest absolute Gasteiger partial charge is 0.493 e. The van der Waals surface area contributed by atoms with E-state index in [-0.39, 0.29) is 11.1 Å². The van der Waals surface area contributed by atoms with Gasteiger partial charge in [0.05, 0.1) is 30.9 Å². The van der Waals surface area contributed by atoms with Gasteiger partial charge in [-0.15, -0.1) is 0 Å². The highest BCUT2D eigenvalue weighted by Gasteiger charge is 2.47. The maximum atomic E-state index is 15.0. The van der Waals surface area contributed by atoms with Crippen LogP contribution >= 0.6 is 35.3 Å². The SMILES string of the molecule is O=C(NSN1CCC1)c1cc(C2CC2)c(OCC2CCN(C3(c4cc(Cl)cc(Cl)c4)COC3)CC2)cc1F. The van der Waals surface area contributed by atoms with Gasteiger partial charge in [0.1, 0.15) is 11.6 Å². The summed E-state index contributed by atoms with van der Waals surface area (Å²) in [5.74, 6) is 0.364. The molecule has 0 unspecified atom stereocenters. The fraction of sp³-hybridized carbons (Fsp3) is 0.536. The van der Waals surface area contributed by atoms with Crippen molar-refractivity contribution in [3.05, 3.63) is 62.9 Å². The van der Waals surface area contributed by atoms with Gasteiger partial charge < -0.3 is 9.47 Å². The zero-order valence-corrected chi connectivity index (χ0v) is 23.5. The molecule has 1 amide bonds. The fourth-order valence-corrected chi connectivity index (χ4v) is 6.80. The molecule has 4 aliphatic rings. The molecule has 0 bridgehead atoms. The second-order valence-corrected chi connectivity index (χ2v) is 12.6. The molecule has 1 aliphatic carbocycles. The number of ether oxygens (including phenoxy) is 2. The third-order valence-electron chi connectivity index (χ3n) is 8.22. The van der Waals surface area contributed by atoms with Crippen LogP contribution in [0.15, 0.2) is 30.3 Å². The van der Waals surface area contributed by atoms with Crippen molar-refractivity contribution >= 4 is 41.2 Å². The van der Waals surface area contributed by atoms with Gasteiger partial charge in [-0.05, 0) is 92.4 Å². The highest BCUT2D eigenvalue weighted by Crippen LogP contribution is 2.46. The molecule has 0 spiro atoms. The second kappa shape index (κ2) is 11.1. The summed E-state index contributed by atoms with van der Waals surface area (Å²) < 4.78 is 31.7. The summed E-state index contributed by atoms with van der Waals surface area (Å²) in [6.07, 6.45) is 5.17. The first-order valence-electron chi connectivity index (χ1n) is 13.4. The van der Waals surface area contributed by atoms with Crippen LogP contribution in [-0.2, 0) is 10.3 Å². The number of likely N-dealkylation sites (tertiary alicyclic amines) is 1. The van der Waals surface area contributed by atoms with Crippen molar-refractivity contribution in [3.8, 4) is 5.75 Å². The van der Waals surface area contributed by atoms with Gasteiger partial charge in [0.15, 0.2) is 0 Å². The van der Waals surface area contributed by atoms with Gasteiger partial charge in [-0.1, -0.05) is 23.2 Å². The van der Waals surface area contributed by atoms with Gasteiger partial charge in [-0.25, -0.2) is 8.70 Å². The van der Waals surface area contributed by atoms with E-state index in [9.17, 15) is 9.18 Å². The number of nitrogens with zero attached hydrogens (tertiary/aromatic N) is 2. The Morgan fingerprint density at radius 2 is 1.76 bits per heavy atom. The van der Waals surface area contributed by atoms with Crippen LogP contribution in [-0.4, -0.2) is 61.1 Å². The Bertz CT molecular complexity index is 1180. The van der Waals surface area contributed by atoms with E-state index in [1.165, 1.54) is 18.2 Å². The molecule has 2 aromatic carbocycles. The predicted octanol–water partition coefficient (Wildman–Crippen LogP) is 6.03. The van der Waals surface area contributed by atoms with Crippen LogP contribution < -0.4 is 9.46 Å². The van der Waals surface area contributed by atoms with E-state index in [0.717, 1.165) is 69.4 Å². The Morgan fingerprint density at radius 3 is 2.34 bits per heavy atom. The van der Waals surface area contributed by atoms with Crippen LogP contribution in [0.4, 0.5) is 4.39 Å². The third-order valence-corrected chi connectivity index (χ3v) is 9.56. The zero-order valence-electron chi connectivity index (χ0n) is 21.2. The highest BCUT2D eigenvalue weighted by molar-refractivity contribution is 7.95. The Morgan fingerprint density at radius 1 is 1.05 bits per heavy atom. The lowest BCUT2D eigenvalue weighted by Gasteiger charge is -2.52. The molecule has 204 valence electrons. The van der Waals surface area contributed by atoms with Crippen molar-refractivity contribution in [2.24, 2.45) is 5.92 Å². The maximum absolute atomic E-state index is 15.0. The van der Waals surface area contributed by atoms with Crippen LogP contribution in [0.1, 0.15) is 59.5 Å². The molecule has 38 heavy (non-hydrogen) atoms. The molecular formula is C28H32Cl2FN3O3S. The normalized spacial score (nSPS) is 22.0. The number of amides is 1. The van der Waals surface area contributed by atoms with E-state index in [2.05, 4.69) is 9.62 Å². The molecule has 0 aromatic heterocycles. The van der Waals surface area contributed by atoms with Crippen molar-refractivity contribution in [1.29, 1.82) is 0 Å². The molecule has 3 saturated heterocycles. The van der Waals surface area contributed by atoms with E-state index < -0.39 is 11.7 Å². The first-order chi connectivity index (χ1) is 18.4. The molecular weight excluding hydrogens is 548 g/mol. The van der Waals surface area contributed by atoms with Crippen molar-refractivity contribution < 1.29 is 18.7 Å². The fourth-order valence-electron chi connectivity index (χ4n) is 5.51. The molecule has 4 fully saturated rings. The smallest absolute Gasteiger partial charge is 0.265 e. The van der Waals surface area contributed by atoms with Gasteiger partial charge in [0, 0.05) is 41.3 Å². The number of hydrogen-bond donors (Lipinski definition) is 1. The van der Waals surface area contributed by atoms with E-state index in [4.69, 9.17) is 32.7 Å². The summed E-state index contributed by atoms with van der Waals surface area (Å²) in [5, 5.41) is 1.28. The van der Waals surface area contributed by atoms with E-state index >= 15 is 0 Å². The van der Waals surface area contributed by atoms with Crippen LogP contribution in [0.3, 0.4) is 0 Å². The number of benzene rings is 2. The monoisotopic (exact) mass is 579 g/mol. The number of halogens is 3. The summed E-state index contributed by atoms with van der Waals surface area (Å²) in [6, 6.07) is 8.86. The molecule has 1 saturated carbocycles. The number of rotatable bonds is 9. The Kier molecular flexibility index (Phi) is 7.82. The van der Waals surface area contributed by atoms with Gasteiger partial charge in [-0.3, -0.25) is 14.4 Å². The van der Waals surface area contributed by atoms with E-state index in [1.807, 2.05) is 16.4 Å². The lowest BCUT2D eigenvalue weighted by atomic mass is 9.83. The van der Waals surface area contributed by atoms with E-state index in [0.29, 0.717) is 47.5 Å². The molecule has 10 heteroatoms. The molecule has 2 aromatic rings. The van der Waals surface area contributed by atoms with Crippen molar-refractivity contribution in [3.63, 3.8) is 0 Å². The number of piperidine rings is 1. The molecule has 3 aliphatic heterocycles. The molecule has 0 atom stereocenters. The van der Waals surface area contributed by atoms with Gasteiger partial charge in [0.2, 0.25) is 0 Å². The zero-order chi connectivity index (χ0) is 26.3. The first-order valence-corrected chi connectivity index (χ1v) is 14.9. The number of nitrogens with one attached hydrogen (secondary N) is 1. The van der Waals surface area contributed by atoms with Crippen molar-refractivity contribution in [1.82, 2.24) is 13.9 Å². The predicted molar refractivity (Wildman–Crippen MR) is 148 cm³/mol. The lowest BCUT2D eigenvalue weighted by Crippen LogP contribution is -2.61. The van der Waals surface area contributed by atoms with Crippen LogP contribution in [0.2, 0.25) is 10.0 Å². The number of carbonyl (C=O) groups excluding carboxylic acids is 1. The summed E-state index contributed by atoms with van der Waals surface area (Å²) in [7, 11) is 0. The summed E-state index contributed by atoms with van der Waals surface area (Å²) in [4.78, 5) is 15.1. The maximum Gasteiger partial charge on any atom is 0.265 e. The van der Waals surface area contributed by atoms with Crippen LogP contribution in [0, 0.1) is 11.7 Å². The quantitative estimate of drug-likeness (QED) is 0.366. The first kappa shape index (κ1) is 26.7. The Hall–Kier alpha value is -1.55.